The molecule has 1 N–H and O–H groups in total. The number of nitrogens with zero attached hydrogens (tertiary/aromatic N) is 1. The maximum atomic E-state index is 12.5. The second-order valence-corrected chi connectivity index (χ2v) is 7.32. The lowest BCUT2D eigenvalue weighted by atomic mass is 10.1. The van der Waals surface area contributed by atoms with E-state index in [-0.39, 0.29) is 29.9 Å². The fraction of sp³-hybridized carbons (Fsp3) is 0.667. The molecular formula is C12H16N2O4S. The average molecular weight is 284 g/mol. The number of rotatable bonds is 2. The van der Waals surface area contributed by atoms with Crippen LogP contribution in [0.5, 0.6) is 0 Å². The van der Waals surface area contributed by atoms with Crippen LogP contribution in [0.1, 0.15) is 19.3 Å². The lowest BCUT2D eigenvalue weighted by molar-refractivity contribution is -0.135. The number of hydrogen-bond acceptors (Lipinski definition) is 4. The van der Waals surface area contributed by atoms with Crippen LogP contribution in [-0.2, 0) is 19.4 Å². The van der Waals surface area contributed by atoms with Crippen molar-refractivity contribution in [2.75, 3.05) is 12.3 Å². The smallest absolute Gasteiger partial charge is 0.245 e. The minimum atomic E-state index is -3.20. The van der Waals surface area contributed by atoms with Crippen molar-refractivity contribution < 1.29 is 18.0 Å². The van der Waals surface area contributed by atoms with Crippen molar-refractivity contribution in [3.63, 3.8) is 0 Å². The Morgan fingerprint density at radius 1 is 1.26 bits per heavy atom. The molecule has 2 unspecified atom stereocenters. The summed E-state index contributed by atoms with van der Waals surface area (Å²) < 4.78 is 22.9. The quantitative estimate of drug-likeness (QED) is 0.735. The molecule has 2 fully saturated rings. The Hall–Kier alpha value is -1.37. The van der Waals surface area contributed by atoms with Crippen molar-refractivity contribution in [3.05, 3.63) is 11.5 Å². The number of carbonyl (C=O) groups is 2. The van der Waals surface area contributed by atoms with Crippen LogP contribution < -0.4 is 5.32 Å². The van der Waals surface area contributed by atoms with E-state index < -0.39 is 21.9 Å². The number of amides is 2. The Balaban J connectivity index is 1.82. The van der Waals surface area contributed by atoms with E-state index in [2.05, 4.69) is 5.32 Å². The molecule has 0 bridgehead atoms. The van der Waals surface area contributed by atoms with Gasteiger partial charge in [0, 0.05) is 18.4 Å². The van der Waals surface area contributed by atoms with Crippen molar-refractivity contribution in [1.82, 2.24) is 10.2 Å². The second-order valence-electron chi connectivity index (χ2n) is 5.39. The van der Waals surface area contributed by atoms with E-state index in [1.54, 1.807) is 11.0 Å². The third-order valence-corrected chi connectivity index (χ3v) is 5.23. The van der Waals surface area contributed by atoms with Crippen LogP contribution >= 0.6 is 0 Å². The second kappa shape index (κ2) is 4.33. The summed E-state index contributed by atoms with van der Waals surface area (Å²) in [4.78, 5) is 25.6. The zero-order chi connectivity index (χ0) is 13.6. The van der Waals surface area contributed by atoms with E-state index in [1.807, 2.05) is 0 Å². The molecule has 2 aliphatic heterocycles. The standard InChI is InChI=1S/C12H16N2O4S/c15-10-3-5-14(9-4-6-19(17,18)7-9)12(16)11(13-10)8-1-2-8/h4,6,8-9,11H,1-3,5,7H2,(H,13,15). The molecule has 104 valence electrons. The minimum absolute atomic E-state index is 0.0652. The third kappa shape index (κ3) is 2.51. The molecule has 0 radical (unpaired) electrons. The summed E-state index contributed by atoms with van der Waals surface area (Å²) in [7, 11) is -3.20. The molecule has 2 heterocycles. The fourth-order valence-corrected chi connectivity index (χ4v) is 3.95. The Morgan fingerprint density at radius 3 is 2.58 bits per heavy atom. The largest absolute Gasteiger partial charge is 0.344 e. The van der Waals surface area contributed by atoms with Crippen molar-refractivity contribution >= 4 is 21.7 Å². The molecule has 1 saturated carbocycles. The van der Waals surface area contributed by atoms with Gasteiger partial charge in [-0.15, -0.1) is 0 Å². The van der Waals surface area contributed by atoms with Gasteiger partial charge in [-0.05, 0) is 24.8 Å². The summed E-state index contributed by atoms with van der Waals surface area (Å²) in [5, 5.41) is 3.92. The first-order valence-electron chi connectivity index (χ1n) is 6.47. The van der Waals surface area contributed by atoms with Crippen LogP contribution in [0.15, 0.2) is 11.5 Å². The van der Waals surface area contributed by atoms with Gasteiger partial charge >= 0.3 is 0 Å². The molecule has 0 spiro atoms. The molecule has 0 aromatic heterocycles. The summed E-state index contributed by atoms with van der Waals surface area (Å²) in [5.41, 5.74) is 0. The van der Waals surface area contributed by atoms with Crippen molar-refractivity contribution in [1.29, 1.82) is 0 Å². The highest BCUT2D eigenvalue weighted by Crippen LogP contribution is 2.34. The molecular weight excluding hydrogens is 268 g/mol. The molecule has 2 amide bonds. The number of hydrogen-bond donors (Lipinski definition) is 1. The monoisotopic (exact) mass is 284 g/mol. The number of carbonyl (C=O) groups excluding carboxylic acids is 2. The van der Waals surface area contributed by atoms with Gasteiger partial charge in [0.1, 0.15) is 6.04 Å². The van der Waals surface area contributed by atoms with Crippen LogP contribution in [0.3, 0.4) is 0 Å². The molecule has 1 aliphatic carbocycles. The minimum Gasteiger partial charge on any atom is -0.344 e. The summed E-state index contributed by atoms with van der Waals surface area (Å²) >= 11 is 0. The van der Waals surface area contributed by atoms with Gasteiger partial charge in [0.25, 0.3) is 0 Å². The first-order chi connectivity index (χ1) is 8.96. The van der Waals surface area contributed by atoms with E-state index in [4.69, 9.17) is 0 Å². The van der Waals surface area contributed by atoms with Crippen LogP contribution in [0.2, 0.25) is 0 Å². The Bertz CT molecular complexity index is 550. The zero-order valence-corrected chi connectivity index (χ0v) is 11.2. The number of sulfone groups is 1. The maximum Gasteiger partial charge on any atom is 0.245 e. The van der Waals surface area contributed by atoms with Gasteiger partial charge in [-0.25, -0.2) is 8.42 Å². The molecule has 19 heavy (non-hydrogen) atoms. The highest BCUT2D eigenvalue weighted by molar-refractivity contribution is 7.94. The lowest BCUT2D eigenvalue weighted by Crippen LogP contribution is -2.49. The van der Waals surface area contributed by atoms with Crippen LogP contribution in [0.25, 0.3) is 0 Å². The van der Waals surface area contributed by atoms with Crippen LogP contribution in [-0.4, -0.2) is 49.5 Å². The summed E-state index contributed by atoms with van der Waals surface area (Å²) in [6, 6.07) is -0.891. The van der Waals surface area contributed by atoms with Gasteiger partial charge in [-0.2, -0.15) is 0 Å². The van der Waals surface area contributed by atoms with E-state index in [1.165, 1.54) is 0 Å². The van der Waals surface area contributed by atoms with Gasteiger partial charge in [0.05, 0.1) is 11.8 Å². The van der Waals surface area contributed by atoms with E-state index in [9.17, 15) is 18.0 Å². The molecule has 0 aromatic rings. The van der Waals surface area contributed by atoms with Gasteiger partial charge in [-0.1, -0.05) is 0 Å². The SMILES string of the molecule is O=C1CCN(C2C=CS(=O)(=O)C2)C(=O)C(C2CC2)N1. The molecule has 7 heteroatoms. The predicted octanol–water partition coefficient (Wildman–Crippen LogP) is -0.576. The van der Waals surface area contributed by atoms with Crippen molar-refractivity contribution in [3.8, 4) is 0 Å². The molecule has 3 rings (SSSR count). The Kier molecular flexibility index (Phi) is 2.88. The molecule has 3 aliphatic rings. The Morgan fingerprint density at radius 2 is 2.00 bits per heavy atom. The summed E-state index contributed by atoms with van der Waals surface area (Å²) in [6.45, 7) is 0.290. The fourth-order valence-electron chi connectivity index (χ4n) is 2.65. The van der Waals surface area contributed by atoms with E-state index in [0.717, 1.165) is 18.2 Å². The molecule has 1 saturated heterocycles. The predicted molar refractivity (Wildman–Crippen MR) is 67.7 cm³/mol. The van der Waals surface area contributed by atoms with Gasteiger partial charge in [0.2, 0.25) is 11.8 Å². The maximum absolute atomic E-state index is 12.5. The van der Waals surface area contributed by atoms with E-state index >= 15 is 0 Å². The van der Waals surface area contributed by atoms with Gasteiger partial charge in [0.15, 0.2) is 9.84 Å². The first kappa shape index (κ1) is 12.7. The van der Waals surface area contributed by atoms with Crippen molar-refractivity contribution in [2.45, 2.75) is 31.3 Å². The first-order valence-corrected chi connectivity index (χ1v) is 8.19. The molecule has 2 atom stereocenters. The van der Waals surface area contributed by atoms with Crippen molar-refractivity contribution in [2.24, 2.45) is 5.92 Å². The highest BCUT2D eigenvalue weighted by Gasteiger charge is 2.43. The topological polar surface area (TPSA) is 83.6 Å². The number of nitrogens with one attached hydrogen (secondary N) is 1. The molecule has 0 aromatic carbocycles. The average Bonchev–Trinajstić information content (AvgIpc) is 3.11. The summed E-state index contributed by atoms with van der Waals surface area (Å²) in [6.07, 6.45) is 3.68. The lowest BCUT2D eigenvalue weighted by Gasteiger charge is -2.28. The van der Waals surface area contributed by atoms with E-state index in [0.29, 0.717) is 6.54 Å². The summed E-state index contributed by atoms with van der Waals surface area (Å²) in [5.74, 6) is -0.110. The third-order valence-electron chi connectivity index (χ3n) is 3.85. The van der Waals surface area contributed by atoms with Gasteiger partial charge in [-0.3, -0.25) is 9.59 Å². The van der Waals surface area contributed by atoms with Crippen LogP contribution in [0, 0.1) is 5.92 Å². The Labute approximate surface area is 111 Å². The zero-order valence-electron chi connectivity index (χ0n) is 10.4. The normalized spacial score (nSPS) is 34.2. The van der Waals surface area contributed by atoms with Crippen LogP contribution in [0.4, 0.5) is 0 Å². The molecule has 6 nitrogen and oxygen atoms in total. The highest BCUT2D eigenvalue weighted by atomic mass is 32.2. The van der Waals surface area contributed by atoms with Gasteiger partial charge < -0.3 is 10.2 Å².